The van der Waals surface area contributed by atoms with Gasteiger partial charge in [0, 0.05) is 41.9 Å². The first-order valence-corrected chi connectivity index (χ1v) is 8.43. The highest BCUT2D eigenvalue weighted by Crippen LogP contribution is 2.50. The molecule has 0 fully saturated rings. The molecule has 0 aliphatic heterocycles. The molecule has 0 heterocycles. The summed E-state index contributed by atoms with van der Waals surface area (Å²) in [5.41, 5.74) is 0. The molecule has 0 aliphatic carbocycles. The zero-order valence-electron chi connectivity index (χ0n) is 11.5. The standard InChI is InChI=1S/C8H20O2P.C3H6O3/c1-9-5-7-11(3,4)8-6-10-2;1-6-2-3(4)5/h5-8H2,1-4H3;2H2,1H3,(H,4,5)/q+1;/p-1. The maximum atomic E-state index is 9.36. The minimum atomic E-state index is -1.18. The first kappa shape index (κ1) is 19.1. The molecule has 0 rings (SSSR count). The highest BCUT2D eigenvalue weighted by atomic mass is 31.2. The van der Waals surface area contributed by atoms with Gasteiger partial charge in [-0.25, -0.2) is 0 Å². The first-order chi connectivity index (χ1) is 7.89. The normalized spacial score (nSPS) is 10.6. The number of hydrogen-bond acceptors (Lipinski definition) is 5. The van der Waals surface area contributed by atoms with Crippen LogP contribution in [0.4, 0.5) is 0 Å². The van der Waals surface area contributed by atoms with Gasteiger partial charge < -0.3 is 24.1 Å². The number of carboxylic acids is 1. The number of ether oxygens (including phenoxy) is 3. The van der Waals surface area contributed by atoms with E-state index in [0.29, 0.717) is 0 Å². The lowest BCUT2D eigenvalue weighted by molar-refractivity contribution is -0.309. The topological polar surface area (TPSA) is 67.8 Å². The van der Waals surface area contributed by atoms with Crippen LogP contribution in [-0.2, 0) is 19.0 Å². The number of carbonyl (C=O) groups excluding carboxylic acids is 1. The number of rotatable bonds is 8. The van der Waals surface area contributed by atoms with E-state index in [1.807, 2.05) is 0 Å². The highest BCUT2D eigenvalue weighted by molar-refractivity contribution is 7.74. The molecule has 0 aromatic carbocycles. The van der Waals surface area contributed by atoms with Crippen molar-refractivity contribution in [2.75, 3.05) is 66.8 Å². The third-order valence-corrected chi connectivity index (χ3v) is 4.85. The Labute approximate surface area is 105 Å². The Balaban J connectivity index is 0. The number of carboxylic acid groups (broad SMARTS) is 1. The summed E-state index contributed by atoms with van der Waals surface area (Å²) >= 11 is 0. The third-order valence-electron chi connectivity index (χ3n) is 2.06. The molecule has 0 spiro atoms. The number of methoxy groups -OCH3 is 3. The zero-order valence-corrected chi connectivity index (χ0v) is 12.4. The molecule has 104 valence electrons. The first-order valence-electron chi connectivity index (χ1n) is 5.38. The zero-order chi connectivity index (χ0) is 13.7. The molecule has 6 heteroatoms. The monoisotopic (exact) mass is 268 g/mol. The van der Waals surface area contributed by atoms with Crippen LogP contribution in [0.25, 0.3) is 0 Å². The van der Waals surface area contributed by atoms with Gasteiger partial charge in [0.05, 0.1) is 38.1 Å². The Morgan fingerprint density at radius 1 is 1.00 bits per heavy atom. The Morgan fingerprint density at radius 3 is 1.59 bits per heavy atom. The van der Waals surface area contributed by atoms with E-state index in [9.17, 15) is 9.90 Å². The lowest BCUT2D eigenvalue weighted by atomic mass is 10.8. The summed E-state index contributed by atoms with van der Waals surface area (Å²) in [6.07, 6.45) is 2.43. The molecule has 0 aliphatic rings. The number of aliphatic carboxylic acids is 1. The van der Waals surface area contributed by atoms with Crippen LogP contribution in [0.5, 0.6) is 0 Å². The van der Waals surface area contributed by atoms with Crippen LogP contribution >= 0.6 is 7.26 Å². The SMILES string of the molecule is COCC(=O)[O-].COCC[P+](C)(C)CCOC. The van der Waals surface area contributed by atoms with Crippen molar-refractivity contribution in [3.63, 3.8) is 0 Å². The van der Waals surface area contributed by atoms with E-state index in [-0.39, 0.29) is 6.61 Å². The average molecular weight is 268 g/mol. The quantitative estimate of drug-likeness (QED) is 0.577. The van der Waals surface area contributed by atoms with Crippen LogP contribution < -0.4 is 5.11 Å². The Kier molecular flexibility index (Phi) is 13.8. The predicted molar refractivity (Wildman–Crippen MR) is 69.1 cm³/mol. The predicted octanol–water partition coefficient (Wildman–Crippen LogP) is -0.0609. The maximum Gasteiger partial charge on any atom is 0.0857 e. The Morgan fingerprint density at radius 2 is 1.41 bits per heavy atom. The summed E-state index contributed by atoms with van der Waals surface area (Å²) in [4.78, 5) is 9.36. The summed E-state index contributed by atoms with van der Waals surface area (Å²) in [6.45, 7) is 6.17. The molecular weight excluding hydrogens is 243 g/mol. The molecule has 0 saturated carbocycles. The van der Waals surface area contributed by atoms with E-state index in [1.165, 1.54) is 19.4 Å². The van der Waals surface area contributed by atoms with Crippen molar-refractivity contribution in [2.24, 2.45) is 0 Å². The molecule has 0 atom stereocenters. The largest absolute Gasteiger partial charge is 0.548 e. The van der Waals surface area contributed by atoms with Gasteiger partial charge in [-0.15, -0.1) is 0 Å². The fraction of sp³-hybridized carbons (Fsp3) is 0.909. The van der Waals surface area contributed by atoms with Crippen molar-refractivity contribution in [2.45, 2.75) is 0 Å². The van der Waals surface area contributed by atoms with E-state index in [1.54, 1.807) is 14.2 Å². The molecule has 0 radical (unpaired) electrons. The van der Waals surface area contributed by atoms with Crippen LogP contribution in [0.2, 0.25) is 0 Å². The molecule has 0 N–H and O–H groups in total. The van der Waals surface area contributed by atoms with Crippen molar-refractivity contribution in [3.05, 3.63) is 0 Å². The number of hydrogen-bond donors (Lipinski definition) is 0. The van der Waals surface area contributed by atoms with Crippen LogP contribution in [0, 0.1) is 0 Å². The van der Waals surface area contributed by atoms with Crippen LogP contribution in [0.15, 0.2) is 0 Å². The van der Waals surface area contributed by atoms with E-state index in [4.69, 9.17) is 9.47 Å². The molecule has 5 nitrogen and oxygen atoms in total. The second-order valence-corrected chi connectivity index (χ2v) is 8.94. The van der Waals surface area contributed by atoms with Gasteiger partial charge in [0.25, 0.3) is 0 Å². The van der Waals surface area contributed by atoms with Crippen molar-refractivity contribution in [3.8, 4) is 0 Å². The van der Waals surface area contributed by atoms with Crippen LogP contribution in [0.1, 0.15) is 0 Å². The second kappa shape index (κ2) is 12.2. The average Bonchev–Trinajstić information content (AvgIpc) is 2.24. The van der Waals surface area contributed by atoms with Crippen molar-refractivity contribution < 1.29 is 24.1 Å². The van der Waals surface area contributed by atoms with Crippen LogP contribution in [-0.4, -0.2) is 72.8 Å². The van der Waals surface area contributed by atoms with Gasteiger partial charge in [-0.05, 0) is 0 Å². The fourth-order valence-corrected chi connectivity index (χ4v) is 2.48. The fourth-order valence-electron chi connectivity index (χ4n) is 0.906. The second-order valence-electron chi connectivity index (χ2n) is 4.17. The van der Waals surface area contributed by atoms with Gasteiger partial charge in [-0.1, -0.05) is 0 Å². The van der Waals surface area contributed by atoms with Gasteiger partial charge in [0.2, 0.25) is 0 Å². The van der Waals surface area contributed by atoms with E-state index >= 15 is 0 Å². The molecule has 0 bridgehead atoms. The maximum absolute atomic E-state index is 9.36. The van der Waals surface area contributed by atoms with Crippen molar-refractivity contribution >= 4 is 13.2 Å². The van der Waals surface area contributed by atoms with Crippen molar-refractivity contribution in [1.29, 1.82) is 0 Å². The molecule has 0 unspecified atom stereocenters. The summed E-state index contributed by atoms with van der Waals surface area (Å²) in [5, 5.41) is 9.36. The number of carbonyl (C=O) groups is 1. The van der Waals surface area contributed by atoms with E-state index < -0.39 is 13.2 Å². The Bertz CT molecular complexity index is 175. The molecule has 0 aromatic rings. The van der Waals surface area contributed by atoms with Gasteiger partial charge in [0.15, 0.2) is 0 Å². The smallest absolute Gasteiger partial charge is 0.0857 e. The lowest BCUT2D eigenvalue weighted by Gasteiger charge is -2.16. The summed E-state index contributed by atoms with van der Waals surface area (Å²) in [6, 6.07) is 0. The van der Waals surface area contributed by atoms with E-state index in [2.05, 4.69) is 18.1 Å². The summed E-state index contributed by atoms with van der Waals surface area (Å²) in [7, 11) is 4.10. The molecule has 0 amide bonds. The lowest BCUT2D eigenvalue weighted by Crippen LogP contribution is -2.26. The van der Waals surface area contributed by atoms with E-state index in [0.717, 1.165) is 13.2 Å². The van der Waals surface area contributed by atoms with Gasteiger partial charge in [0.1, 0.15) is 0 Å². The highest BCUT2D eigenvalue weighted by Gasteiger charge is 2.23. The van der Waals surface area contributed by atoms with Gasteiger partial charge in [-0.3, -0.25) is 0 Å². The minimum Gasteiger partial charge on any atom is -0.548 e. The van der Waals surface area contributed by atoms with Gasteiger partial charge >= 0.3 is 0 Å². The summed E-state index contributed by atoms with van der Waals surface area (Å²) in [5.74, 6) is -1.18. The van der Waals surface area contributed by atoms with Crippen molar-refractivity contribution in [1.82, 2.24) is 0 Å². The minimum absolute atomic E-state index is 0.319. The molecular formula is C11H25O5P. The molecule has 0 saturated heterocycles. The summed E-state index contributed by atoms with van der Waals surface area (Å²) < 4.78 is 14.2. The van der Waals surface area contributed by atoms with Crippen LogP contribution in [0.3, 0.4) is 0 Å². The molecule has 0 aromatic heterocycles. The molecule has 17 heavy (non-hydrogen) atoms. The third kappa shape index (κ3) is 18.3. The van der Waals surface area contributed by atoms with Gasteiger partial charge in [-0.2, -0.15) is 0 Å². The Hall–Kier alpha value is -0.220.